The number of hydrogen-bond donors (Lipinski definition) is 2. The molecule has 1 fully saturated rings. The summed E-state index contributed by atoms with van der Waals surface area (Å²) in [6.45, 7) is 0.906. The van der Waals surface area contributed by atoms with E-state index in [-0.39, 0.29) is 23.5 Å². The first-order valence-electron chi connectivity index (χ1n) is 9.16. The Kier molecular flexibility index (Phi) is 7.11. The number of carbonyl (C=O) groups excluding carboxylic acids is 3. The molecule has 7 nitrogen and oxygen atoms in total. The Morgan fingerprint density at radius 2 is 2.03 bits per heavy atom. The maximum atomic E-state index is 13.1. The number of nitrogens with two attached hydrogens (primary N) is 1. The summed E-state index contributed by atoms with van der Waals surface area (Å²) >= 11 is 7.05. The highest BCUT2D eigenvalue weighted by Crippen LogP contribution is 2.26. The predicted octanol–water partition coefficient (Wildman–Crippen LogP) is 2.80. The number of likely N-dealkylation sites (tertiary alicyclic amines) is 1. The molecule has 1 unspecified atom stereocenters. The summed E-state index contributed by atoms with van der Waals surface area (Å²) in [5.74, 6) is -0.563. The van der Waals surface area contributed by atoms with Gasteiger partial charge in [-0.3, -0.25) is 14.4 Å². The number of anilines is 1. The highest BCUT2D eigenvalue weighted by molar-refractivity contribution is 8.00. The van der Waals surface area contributed by atoms with Crippen molar-refractivity contribution in [1.29, 1.82) is 0 Å². The summed E-state index contributed by atoms with van der Waals surface area (Å²) in [5.41, 5.74) is 5.73. The molecule has 1 aromatic heterocycles. The lowest BCUT2D eigenvalue weighted by Gasteiger charge is -2.32. The van der Waals surface area contributed by atoms with Gasteiger partial charge in [-0.15, -0.1) is 11.8 Å². The van der Waals surface area contributed by atoms with Crippen LogP contribution in [0.1, 0.15) is 23.2 Å². The average Bonchev–Trinajstić information content (AvgIpc) is 2.73. The van der Waals surface area contributed by atoms with Crippen LogP contribution in [0.3, 0.4) is 0 Å². The number of primary amides is 1. The fraction of sp³-hybridized carbons (Fsp3) is 0.300. The summed E-state index contributed by atoms with van der Waals surface area (Å²) in [4.78, 5) is 43.2. The molecule has 3 amide bonds. The van der Waals surface area contributed by atoms with E-state index in [0.29, 0.717) is 40.8 Å². The maximum Gasteiger partial charge on any atom is 0.255 e. The van der Waals surface area contributed by atoms with Crippen LogP contribution in [0.5, 0.6) is 0 Å². The van der Waals surface area contributed by atoms with Crippen molar-refractivity contribution >= 4 is 46.9 Å². The molecule has 1 aliphatic heterocycles. The van der Waals surface area contributed by atoms with Gasteiger partial charge < -0.3 is 16.0 Å². The molecule has 0 saturated carbocycles. The third-order valence-electron chi connectivity index (χ3n) is 4.55. The van der Waals surface area contributed by atoms with Gasteiger partial charge in [-0.25, -0.2) is 4.98 Å². The topological polar surface area (TPSA) is 105 Å². The van der Waals surface area contributed by atoms with Crippen molar-refractivity contribution in [3.8, 4) is 0 Å². The van der Waals surface area contributed by atoms with E-state index in [1.54, 1.807) is 35.2 Å². The number of piperidine rings is 1. The molecule has 152 valence electrons. The number of benzene rings is 1. The molecule has 0 bridgehead atoms. The van der Waals surface area contributed by atoms with Gasteiger partial charge in [0.05, 0.1) is 22.3 Å². The van der Waals surface area contributed by atoms with E-state index in [0.717, 1.165) is 6.42 Å². The molecule has 1 aliphatic rings. The SMILES string of the molecule is NC(=O)CSc1ccccc1C(=O)N1CCCC(C(=O)Nc2ccc(Cl)cn2)C1. The molecule has 3 N–H and O–H groups in total. The van der Waals surface area contributed by atoms with Gasteiger partial charge in [-0.2, -0.15) is 0 Å². The number of nitrogens with one attached hydrogen (secondary N) is 1. The summed E-state index contributed by atoms with van der Waals surface area (Å²) < 4.78 is 0. The molecule has 29 heavy (non-hydrogen) atoms. The van der Waals surface area contributed by atoms with Gasteiger partial charge in [0.15, 0.2) is 0 Å². The van der Waals surface area contributed by atoms with E-state index >= 15 is 0 Å². The highest BCUT2D eigenvalue weighted by Gasteiger charge is 2.30. The van der Waals surface area contributed by atoms with Gasteiger partial charge in [0.2, 0.25) is 11.8 Å². The minimum absolute atomic E-state index is 0.101. The van der Waals surface area contributed by atoms with Crippen LogP contribution in [0, 0.1) is 5.92 Å². The molecular formula is C20H21ClN4O3S. The van der Waals surface area contributed by atoms with Crippen LogP contribution in [0.15, 0.2) is 47.5 Å². The van der Waals surface area contributed by atoms with Crippen LogP contribution in [0.2, 0.25) is 5.02 Å². The Morgan fingerprint density at radius 1 is 1.24 bits per heavy atom. The van der Waals surface area contributed by atoms with Crippen LogP contribution < -0.4 is 11.1 Å². The highest BCUT2D eigenvalue weighted by atomic mass is 35.5. The minimum atomic E-state index is -0.442. The number of amides is 3. The summed E-state index contributed by atoms with van der Waals surface area (Å²) in [5, 5.41) is 3.27. The molecule has 1 atom stereocenters. The molecular weight excluding hydrogens is 412 g/mol. The Hall–Kier alpha value is -2.58. The zero-order valence-electron chi connectivity index (χ0n) is 15.6. The second kappa shape index (κ2) is 9.76. The smallest absolute Gasteiger partial charge is 0.255 e. The lowest BCUT2D eigenvalue weighted by molar-refractivity contribution is -0.121. The van der Waals surface area contributed by atoms with Crippen molar-refractivity contribution < 1.29 is 14.4 Å². The standard InChI is InChI=1S/C20H21ClN4O3S/c21-14-7-8-18(23-10-14)24-19(27)13-4-3-9-25(11-13)20(28)15-5-1-2-6-16(15)29-12-17(22)26/h1-2,5-8,10,13H,3-4,9,11-12H2,(H2,22,26)(H,23,24,27). The van der Waals surface area contributed by atoms with Gasteiger partial charge in [0.25, 0.3) is 5.91 Å². The van der Waals surface area contributed by atoms with E-state index in [2.05, 4.69) is 10.3 Å². The zero-order valence-corrected chi connectivity index (χ0v) is 17.2. The Morgan fingerprint density at radius 3 is 2.76 bits per heavy atom. The molecule has 0 aliphatic carbocycles. The second-order valence-electron chi connectivity index (χ2n) is 6.69. The maximum absolute atomic E-state index is 13.1. The van der Waals surface area contributed by atoms with Gasteiger partial charge in [0.1, 0.15) is 5.82 Å². The van der Waals surface area contributed by atoms with E-state index in [9.17, 15) is 14.4 Å². The largest absolute Gasteiger partial charge is 0.369 e. The lowest BCUT2D eigenvalue weighted by Crippen LogP contribution is -2.44. The van der Waals surface area contributed by atoms with Gasteiger partial charge in [0, 0.05) is 24.2 Å². The Labute approximate surface area is 178 Å². The number of pyridine rings is 1. The van der Waals surface area contributed by atoms with Crippen molar-refractivity contribution in [3.05, 3.63) is 53.2 Å². The van der Waals surface area contributed by atoms with Crippen molar-refractivity contribution in [3.63, 3.8) is 0 Å². The quantitative estimate of drug-likeness (QED) is 0.683. The zero-order chi connectivity index (χ0) is 20.8. The first-order chi connectivity index (χ1) is 13.9. The van der Waals surface area contributed by atoms with Crippen LogP contribution >= 0.6 is 23.4 Å². The Balaban J connectivity index is 1.67. The third-order valence-corrected chi connectivity index (χ3v) is 5.86. The summed E-state index contributed by atoms with van der Waals surface area (Å²) in [7, 11) is 0. The Bertz CT molecular complexity index is 907. The van der Waals surface area contributed by atoms with Crippen LogP contribution in [-0.4, -0.2) is 46.4 Å². The first-order valence-corrected chi connectivity index (χ1v) is 10.5. The van der Waals surface area contributed by atoms with Crippen molar-refractivity contribution in [2.24, 2.45) is 11.7 Å². The molecule has 1 saturated heterocycles. The predicted molar refractivity (Wildman–Crippen MR) is 113 cm³/mol. The van der Waals surface area contributed by atoms with Crippen LogP contribution in [0.4, 0.5) is 5.82 Å². The monoisotopic (exact) mass is 432 g/mol. The molecule has 2 aromatic rings. The second-order valence-corrected chi connectivity index (χ2v) is 8.15. The van der Waals surface area contributed by atoms with E-state index in [4.69, 9.17) is 17.3 Å². The number of aromatic nitrogens is 1. The van der Waals surface area contributed by atoms with Gasteiger partial charge in [-0.1, -0.05) is 23.7 Å². The van der Waals surface area contributed by atoms with Crippen LogP contribution in [-0.2, 0) is 9.59 Å². The third kappa shape index (κ3) is 5.71. The van der Waals surface area contributed by atoms with Crippen molar-refractivity contribution in [1.82, 2.24) is 9.88 Å². The summed E-state index contributed by atoms with van der Waals surface area (Å²) in [6.07, 6.45) is 2.89. The number of carbonyl (C=O) groups is 3. The van der Waals surface area contributed by atoms with Gasteiger partial charge in [-0.05, 0) is 37.1 Å². The minimum Gasteiger partial charge on any atom is -0.369 e. The van der Waals surface area contributed by atoms with Crippen molar-refractivity contribution in [2.75, 3.05) is 24.2 Å². The molecule has 0 spiro atoms. The fourth-order valence-corrected chi connectivity index (χ4v) is 4.04. The van der Waals surface area contributed by atoms with Gasteiger partial charge >= 0.3 is 0 Å². The number of thioether (sulfide) groups is 1. The van der Waals surface area contributed by atoms with Crippen LogP contribution in [0.25, 0.3) is 0 Å². The fourth-order valence-electron chi connectivity index (χ4n) is 3.14. The molecule has 1 aromatic carbocycles. The molecule has 2 heterocycles. The van der Waals surface area contributed by atoms with E-state index in [1.165, 1.54) is 18.0 Å². The molecule has 9 heteroatoms. The summed E-state index contributed by atoms with van der Waals surface area (Å²) in [6, 6.07) is 10.4. The number of halogens is 1. The number of hydrogen-bond acceptors (Lipinski definition) is 5. The number of nitrogens with zero attached hydrogens (tertiary/aromatic N) is 2. The van der Waals surface area contributed by atoms with E-state index < -0.39 is 5.91 Å². The lowest BCUT2D eigenvalue weighted by atomic mass is 9.96. The van der Waals surface area contributed by atoms with E-state index in [1.807, 2.05) is 6.07 Å². The number of rotatable bonds is 6. The molecule has 0 radical (unpaired) electrons. The van der Waals surface area contributed by atoms with Crippen molar-refractivity contribution in [2.45, 2.75) is 17.7 Å². The normalized spacial score (nSPS) is 16.3. The average molecular weight is 433 g/mol. The molecule has 3 rings (SSSR count). The first kappa shape index (κ1) is 21.1.